The lowest BCUT2D eigenvalue weighted by atomic mass is 10.1. The smallest absolute Gasteiger partial charge is 0.255 e. The molecule has 7 heteroatoms. The second-order valence-corrected chi connectivity index (χ2v) is 6.37. The predicted molar refractivity (Wildman–Crippen MR) is 93.9 cm³/mol. The van der Waals surface area contributed by atoms with Crippen molar-refractivity contribution in [2.75, 3.05) is 6.54 Å². The minimum absolute atomic E-state index is 0.0726. The van der Waals surface area contributed by atoms with Crippen LogP contribution in [0.5, 0.6) is 0 Å². The van der Waals surface area contributed by atoms with Crippen molar-refractivity contribution in [3.63, 3.8) is 0 Å². The number of aromatic amines is 1. The number of aryl methyl sites for hydroxylation is 1. The van der Waals surface area contributed by atoms with Crippen LogP contribution in [0.3, 0.4) is 0 Å². The molecule has 0 aliphatic carbocycles. The third-order valence-corrected chi connectivity index (χ3v) is 4.76. The van der Waals surface area contributed by atoms with Gasteiger partial charge in [-0.25, -0.2) is 9.97 Å². The van der Waals surface area contributed by atoms with Crippen LogP contribution in [0.2, 0.25) is 0 Å². The Hall–Kier alpha value is -2.80. The van der Waals surface area contributed by atoms with Crippen LogP contribution in [0.4, 0.5) is 0 Å². The highest BCUT2D eigenvalue weighted by Gasteiger charge is 2.22. The SMILES string of the molecule is Cc1ncc(CN2CCc3nc(-c4ccccn4)[nH]c(=O)c3C2)n1C. The Kier molecular flexibility index (Phi) is 3.93. The average Bonchev–Trinajstić information content (AvgIpc) is 2.95. The number of nitrogens with zero attached hydrogens (tertiary/aromatic N) is 5. The van der Waals surface area contributed by atoms with Crippen molar-refractivity contribution in [2.45, 2.75) is 26.4 Å². The van der Waals surface area contributed by atoms with Crippen molar-refractivity contribution in [3.8, 4) is 11.5 Å². The molecule has 0 spiro atoms. The number of H-pyrrole nitrogens is 1. The van der Waals surface area contributed by atoms with E-state index < -0.39 is 0 Å². The van der Waals surface area contributed by atoms with E-state index in [1.807, 2.05) is 38.4 Å². The number of imidazole rings is 1. The van der Waals surface area contributed by atoms with Gasteiger partial charge in [-0.2, -0.15) is 0 Å². The Morgan fingerprint density at radius 3 is 2.88 bits per heavy atom. The first-order valence-electron chi connectivity index (χ1n) is 8.35. The summed E-state index contributed by atoms with van der Waals surface area (Å²) >= 11 is 0. The summed E-state index contributed by atoms with van der Waals surface area (Å²) in [5.41, 5.74) is 3.40. The molecule has 4 heterocycles. The molecule has 0 aromatic carbocycles. The Labute approximate surface area is 145 Å². The van der Waals surface area contributed by atoms with Gasteiger partial charge in [-0.1, -0.05) is 6.07 Å². The molecule has 0 amide bonds. The molecule has 3 aromatic heterocycles. The van der Waals surface area contributed by atoms with E-state index in [0.29, 0.717) is 18.1 Å². The molecule has 0 fully saturated rings. The molecule has 7 nitrogen and oxygen atoms in total. The van der Waals surface area contributed by atoms with Crippen LogP contribution in [-0.2, 0) is 26.6 Å². The minimum Gasteiger partial charge on any atom is -0.334 e. The van der Waals surface area contributed by atoms with Gasteiger partial charge >= 0.3 is 0 Å². The summed E-state index contributed by atoms with van der Waals surface area (Å²) in [6.07, 6.45) is 4.36. The van der Waals surface area contributed by atoms with Crippen molar-refractivity contribution < 1.29 is 0 Å². The Morgan fingerprint density at radius 2 is 2.16 bits per heavy atom. The molecule has 1 aliphatic rings. The van der Waals surface area contributed by atoms with Gasteiger partial charge in [-0.05, 0) is 19.1 Å². The number of hydrogen-bond acceptors (Lipinski definition) is 5. The zero-order valence-corrected chi connectivity index (χ0v) is 14.4. The maximum Gasteiger partial charge on any atom is 0.255 e. The molecule has 0 unspecified atom stereocenters. The quantitative estimate of drug-likeness (QED) is 0.783. The van der Waals surface area contributed by atoms with Gasteiger partial charge < -0.3 is 9.55 Å². The largest absolute Gasteiger partial charge is 0.334 e. The van der Waals surface area contributed by atoms with E-state index in [2.05, 4.69) is 29.4 Å². The molecule has 25 heavy (non-hydrogen) atoms. The average molecular weight is 336 g/mol. The third-order valence-electron chi connectivity index (χ3n) is 4.76. The van der Waals surface area contributed by atoms with Crippen LogP contribution >= 0.6 is 0 Å². The molecule has 0 saturated carbocycles. The van der Waals surface area contributed by atoms with E-state index in [1.54, 1.807) is 6.20 Å². The van der Waals surface area contributed by atoms with Crippen LogP contribution in [0.15, 0.2) is 35.4 Å². The van der Waals surface area contributed by atoms with Crippen molar-refractivity contribution in [2.24, 2.45) is 7.05 Å². The topological polar surface area (TPSA) is 79.7 Å². The van der Waals surface area contributed by atoms with Crippen LogP contribution in [0, 0.1) is 6.92 Å². The second kappa shape index (κ2) is 6.25. The van der Waals surface area contributed by atoms with Gasteiger partial charge in [0.2, 0.25) is 0 Å². The van der Waals surface area contributed by atoms with Crippen LogP contribution in [0.25, 0.3) is 11.5 Å². The van der Waals surface area contributed by atoms with E-state index in [9.17, 15) is 4.79 Å². The molecule has 0 bridgehead atoms. The molecule has 4 rings (SSSR count). The summed E-state index contributed by atoms with van der Waals surface area (Å²) in [6.45, 7) is 4.24. The van der Waals surface area contributed by atoms with Gasteiger partial charge in [0.15, 0.2) is 5.82 Å². The van der Waals surface area contributed by atoms with Gasteiger partial charge in [0.25, 0.3) is 5.56 Å². The molecule has 1 aliphatic heterocycles. The fraction of sp³-hybridized carbons (Fsp3) is 0.333. The summed E-state index contributed by atoms with van der Waals surface area (Å²) in [4.78, 5) is 30.9. The molecular weight excluding hydrogens is 316 g/mol. The lowest BCUT2D eigenvalue weighted by Crippen LogP contribution is -2.35. The fourth-order valence-electron chi connectivity index (χ4n) is 3.17. The molecule has 3 aromatic rings. The van der Waals surface area contributed by atoms with Crippen LogP contribution in [-0.4, -0.2) is 35.9 Å². The molecule has 0 atom stereocenters. The zero-order valence-electron chi connectivity index (χ0n) is 14.4. The maximum atomic E-state index is 12.6. The van der Waals surface area contributed by atoms with Crippen molar-refractivity contribution in [1.82, 2.24) is 29.4 Å². The number of hydrogen-bond donors (Lipinski definition) is 1. The van der Waals surface area contributed by atoms with Crippen LogP contribution < -0.4 is 5.56 Å². The summed E-state index contributed by atoms with van der Waals surface area (Å²) in [6, 6.07) is 5.59. The van der Waals surface area contributed by atoms with Crippen molar-refractivity contribution in [1.29, 1.82) is 0 Å². The van der Waals surface area contributed by atoms with Gasteiger partial charge in [-0.3, -0.25) is 14.7 Å². The highest BCUT2D eigenvalue weighted by molar-refractivity contribution is 5.49. The Bertz CT molecular complexity index is 959. The summed E-state index contributed by atoms with van der Waals surface area (Å²) in [5, 5.41) is 0. The first kappa shape index (κ1) is 15.7. The Balaban J connectivity index is 1.60. The Morgan fingerprint density at radius 1 is 1.28 bits per heavy atom. The zero-order chi connectivity index (χ0) is 17.4. The summed E-state index contributed by atoms with van der Waals surface area (Å²) in [7, 11) is 2.02. The monoisotopic (exact) mass is 336 g/mol. The number of fused-ring (bicyclic) bond motifs is 1. The standard InChI is InChI=1S/C18H20N6O/c1-12-20-9-13(23(12)2)10-24-8-6-15-14(11-24)18(25)22-17(21-15)16-5-3-4-7-19-16/h3-5,7,9H,6,8,10-11H2,1-2H3,(H,21,22,25). The van der Waals surface area contributed by atoms with Crippen molar-refractivity contribution >= 4 is 0 Å². The van der Waals surface area contributed by atoms with E-state index >= 15 is 0 Å². The van der Waals surface area contributed by atoms with Crippen LogP contribution in [0.1, 0.15) is 22.8 Å². The van der Waals surface area contributed by atoms with Gasteiger partial charge in [0, 0.05) is 45.5 Å². The van der Waals surface area contributed by atoms with Crippen molar-refractivity contribution in [3.05, 3.63) is 63.7 Å². The highest BCUT2D eigenvalue weighted by Crippen LogP contribution is 2.19. The number of aromatic nitrogens is 5. The highest BCUT2D eigenvalue weighted by atomic mass is 16.1. The maximum absolute atomic E-state index is 12.6. The molecular formula is C18H20N6O. The fourth-order valence-corrected chi connectivity index (χ4v) is 3.17. The lowest BCUT2D eigenvalue weighted by molar-refractivity contribution is 0.236. The normalized spacial score (nSPS) is 14.5. The van der Waals surface area contributed by atoms with E-state index in [1.165, 1.54) is 0 Å². The first-order valence-corrected chi connectivity index (χ1v) is 8.35. The molecule has 1 N–H and O–H groups in total. The van der Waals surface area contributed by atoms with E-state index in [0.717, 1.165) is 42.3 Å². The van der Waals surface area contributed by atoms with Gasteiger partial charge in [-0.15, -0.1) is 0 Å². The van der Waals surface area contributed by atoms with E-state index in [-0.39, 0.29) is 5.56 Å². The molecule has 128 valence electrons. The number of nitrogens with one attached hydrogen (secondary N) is 1. The lowest BCUT2D eigenvalue weighted by Gasteiger charge is -2.27. The van der Waals surface area contributed by atoms with E-state index in [4.69, 9.17) is 0 Å². The van der Waals surface area contributed by atoms with Gasteiger partial charge in [0.05, 0.1) is 17.0 Å². The number of rotatable bonds is 3. The molecule has 0 radical (unpaired) electrons. The second-order valence-electron chi connectivity index (χ2n) is 6.37. The van der Waals surface area contributed by atoms with Gasteiger partial charge in [0.1, 0.15) is 11.5 Å². The predicted octanol–water partition coefficient (Wildman–Crippen LogP) is 1.43. The minimum atomic E-state index is -0.0726. The first-order chi connectivity index (χ1) is 12.1. The number of pyridine rings is 1. The summed E-state index contributed by atoms with van der Waals surface area (Å²) in [5.74, 6) is 1.53. The third kappa shape index (κ3) is 2.98. The molecule has 0 saturated heterocycles. The summed E-state index contributed by atoms with van der Waals surface area (Å²) < 4.78 is 2.09.